The van der Waals surface area contributed by atoms with Gasteiger partial charge in [-0.3, -0.25) is 9.78 Å². The highest BCUT2D eigenvalue weighted by atomic mass is 16.2. The number of rotatable bonds is 2. The Morgan fingerprint density at radius 2 is 2.09 bits per heavy atom. The van der Waals surface area contributed by atoms with Crippen LogP contribution >= 0.6 is 0 Å². The van der Waals surface area contributed by atoms with Crippen LogP contribution in [0.15, 0.2) is 48.8 Å². The number of carbonyl (C=O) groups is 1. The number of benzene rings is 1. The molecule has 1 aromatic carbocycles. The van der Waals surface area contributed by atoms with Gasteiger partial charge in [0.15, 0.2) is 0 Å². The first-order chi connectivity index (χ1) is 11.3. The predicted molar refractivity (Wildman–Crippen MR) is 88.0 cm³/mol. The van der Waals surface area contributed by atoms with E-state index in [1.54, 1.807) is 18.5 Å². The smallest absolute Gasteiger partial charge is 0.256 e. The summed E-state index contributed by atoms with van der Waals surface area (Å²) in [4.78, 5) is 23.6. The molecule has 0 unspecified atom stereocenters. The lowest BCUT2D eigenvalue weighted by molar-refractivity contribution is 0.0728. The lowest BCUT2D eigenvalue weighted by Crippen LogP contribution is -2.31. The zero-order chi connectivity index (χ0) is 15.8. The van der Waals surface area contributed by atoms with Crippen LogP contribution in [-0.2, 0) is 7.05 Å². The Kier molecular flexibility index (Phi) is 3.33. The Labute approximate surface area is 134 Å². The molecule has 1 aliphatic heterocycles. The van der Waals surface area contributed by atoms with Gasteiger partial charge in [-0.1, -0.05) is 12.1 Å². The van der Waals surface area contributed by atoms with E-state index in [0.29, 0.717) is 5.56 Å². The fraction of sp³-hybridized carbons (Fsp3) is 0.278. The summed E-state index contributed by atoms with van der Waals surface area (Å²) in [5.41, 5.74) is 2.71. The molecule has 0 bridgehead atoms. The van der Waals surface area contributed by atoms with E-state index in [4.69, 9.17) is 4.98 Å². The second-order valence-electron chi connectivity index (χ2n) is 5.92. The minimum absolute atomic E-state index is 0.0279. The van der Waals surface area contributed by atoms with Crippen molar-refractivity contribution in [3.8, 4) is 0 Å². The van der Waals surface area contributed by atoms with Gasteiger partial charge in [-0.2, -0.15) is 0 Å². The van der Waals surface area contributed by atoms with Crippen LogP contribution in [0.4, 0.5) is 0 Å². The molecular formula is C18H18N4O. The molecular weight excluding hydrogens is 288 g/mol. The number of fused-ring (bicyclic) bond motifs is 1. The van der Waals surface area contributed by atoms with Crippen molar-refractivity contribution >= 4 is 16.9 Å². The molecule has 1 atom stereocenters. The Morgan fingerprint density at radius 3 is 2.87 bits per heavy atom. The summed E-state index contributed by atoms with van der Waals surface area (Å²) in [6.45, 7) is 0.765. The number of pyridine rings is 1. The number of carbonyl (C=O) groups excluding carboxylic acids is 1. The van der Waals surface area contributed by atoms with E-state index in [0.717, 1.165) is 36.2 Å². The van der Waals surface area contributed by atoms with E-state index in [1.165, 1.54) is 0 Å². The summed E-state index contributed by atoms with van der Waals surface area (Å²) in [6.07, 6.45) is 5.26. The minimum Gasteiger partial charge on any atom is -0.329 e. The van der Waals surface area contributed by atoms with Crippen molar-refractivity contribution in [3.05, 3.63) is 60.2 Å². The molecule has 0 radical (unpaired) electrons. The minimum atomic E-state index is 0.0279. The summed E-state index contributed by atoms with van der Waals surface area (Å²) in [5.74, 6) is 0.994. The highest BCUT2D eigenvalue weighted by molar-refractivity contribution is 5.94. The molecule has 5 heteroatoms. The predicted octanol–water partition coefficient (Wildman–Crippen LogP) is 2.95. The van der Waals surface area contributed by atoms with Gasteiger partial charge in [0.1, 0.15) is 5.82 Å². The van der Waals surface area contributed by atoms with Gasteiger partial charge in [-0.15, -0.1) is 0 Å². The third-order valence-corrected chi connectivity index (χ3v) is 4.54. The van der Waals surface area contributed by atoms with E-state index >= 15 is 0 Å². The van der Waals surface area contributed by atoms with Gasteiger partial charge >= 0.3 is 0 Å². The van der Waals surface area contributed by atoms with E-state index < -0.39 is 0 Å². The first kappa shape index (κ1) is 13.9. The summed E-state index contributed by atoms with van der Waals surface area (Å²) < 4.78 is 2.11. The van der Waals surface area contributed by atoms with Gasteiger partial charge in [0.2, 0.25) is 0 Å². The van der Waals surface area contributed by atoms with Gasteiger partial charge in [-0.05, 0) is 37.1 Å². The second kappa shape index (κ2) is 5.50. The summed E-state index contributed by atoms with van der Waals surface area (Å²) in [5, 5.41) is 0. The van der Waals surface area contributed by atoms with Gasteiger partial charge in [0, 0.05) is 26.0 Å². The summed E-state index contributed by atoms with van der Waals surface area (Å²) in [7, 11) is 2.02. The molecule has 5 nitrogen and oxygen atoms in total. The fourth-order valence-corrected chi connectivity index (χ4v) is 3.40. The van der Waals surface area contributed by atoms with Crippen LogP contribution in [-0.4, -0.2) is 31.9 Å². The maximum Gasteiger partial charge on any atom is 0.256 e. The van der Waals surface area contributed by atoms with Gasteiger partial charge in [0.25, 0.3) is 5.91 Å². The number of aryl methyl sites for hydroxylation is 1. The standard InChI is InChI=1S/C18H18N4O/c1-21-15-8-3-2-7-14(15)20-17(21)16-9-5-11-22(16)18(23)13-6-4-10-19-12-13/h2-4,6-8,10,12,16H,5,9,11H2,1H3/t16-/m0/s1. The molecule has 3 aromatic rings. The topological polar surface area (TPSA) is 51.0 Å². The first-order valence-electron chi connectivity index (χ1n) is 7.88. The Balaban J connectivity index is 1.72. The van der Waals surface area contributed by atoms with Crippen molar-refractivity contribution in [2.45, 2.75) is 18.9 Å². The largest absolute Gasteiger partial charge is 0.329 e. The van der Waals surface area contributed by atoms with Gasteiger partial charge < -0.3 is 9.47 Å². The van der Waals surface area contributed by atoms with E-state index in [2.05, 4.69) is 15.6 Å². The first-order valence-corrected chi connectivity index (χ1v) is 7.88. The average molecular weight is 306 g/mol. The van der Waals surface area contributed by atoms with Crippen LogP contribution in [0.3, 0.4) is 0 Å². The number of likely N-dealkylation sites (tertiary alicyclic amines) is 1. The highest BCUT2D eigenvalue weighted by Gasteiger charge is 2.33. The Morgan fingerprint density at radius 1 is 1.22 bits per heavy atom. The molecule has 0 saturated carbocycles. The van der Waals surface area contributed by atoms with Gasteiger partial charge in [0.05, 0.1) is 22.6 Å². The van der Waals surface area contributed by atoms with Crippen molar-refractivity contribution in [1.82, 2.24) is 19.4 Å². The number of nitrogens with zero attached hydrogens (tertiary/aromatic N) is 4. The van der Waals surface area contributed by atoms with Crippen LogP contribution in [0.1, 0.15) is 35.1 Å². The van der Waals surface area contributed by atoms with Crippen LogP contribution in [0.25, 0.3) is 11.0 Å². The van der Waals surface area contributed by atoms with Crippen molar-refractivity contribution < 1.29 is 4.79 Å². The summed E-state index contributed by atoms with van der Waals surface area (Å²) in [6, 6.07) is 11.7. The van der Waals surface area contributed by atoms with Gasteiger partial charge in [-0.25, -0.2) is 4.98 Å². The highest BCUT2D eigenvalue weighted by Crippen LogP contribution is 2.33. The lowest BCUT2D eigenvalue weighted by Gasteiger charge is -2.24. The normalized spacial score (nSPS) is 17.8. The molecule has 0 aliphatic carbocycles. The number of hydrogen-bond acceptors (Lipinski definition) is 3. The summed E-state index contributed by atoms with van der Waals surface area (Å²) >= 11 is 0. The molecule has 4 rings (SSSR count). The Hall–Kier alpha value is -2.69. The maximum atomic E-state index is 12.8. The lowest BCUT2D eigenvalue weighted by atomic mass is 10.2. The third-order valence-electron chi connectivity index (χ3n) is 4.54. The molecule has 3 heterocycles. The molecule has 2 aromatic heterocycles. The van der Waals surface area contributed by atoms with Crippen molar-refractivity contribution in [1.29, 1.82) is 0 Å². The molecule has 1 fully saturated rings. The zero-order valence-electron chi connectivity index (χ0n) is 13.0. The maximum absolute atomic E-state index is 12.8. The average Bonchev–Trinajstić information content (AvgIpc) is 3.20. The quantitative estimate of drug-likeness (QED) is 0.731. The fourth-order valence-electron chi connectivity index (χ4n) is 3.40. The number of aromatic nitrogens is 3. The molecule has 1 saturated heterocycles. The van der Waals surface area contributed by atoms with E-state index in [9.17, 15) is 4.79 Å². The Bertz CT molecular complexity index is 856. The van der Waals surface area contributed by atoms with Crippen molar-refractivity contribution in [3.63, 3.8) is 0 Å². The number of para-hydroxylation sites is 2. The molecule has 0 spiro atoms. The van der Waals surface area contributed by atoms with Crippen molar-refractivity contribution in [2.75, 3.05) is 6.54 Å². The van der Waals surface area contributed by atoms with Crippen LogP contribution < -0.4 is 0 Å². The van der Waals surface area contributed by atoms with Crippen molar-refractivity contribution in [2.24, 2.45) is 7.05 Å². The molecule has 1 amide bonds. The van der Waals surface area contributed by atoms with Crippen LogP contribution in [0, 0.1) is 0 Å². The molecule has 1 aliphatic rings. The third kappa shape index (κ3) is 2.29. The zero-order valence-corrected chi connectivity index (χ0v) is 13.0. The number of amides is 1. The van der Waals surface area contributed by atoms with E-state index in [1.807, 2.05) is 36.2 Å². The number of hydrogen-bond donors (Lipinski definition) is 0. The SMILES string of the molecule is Cn1c([C@@H]2CCCN2C(=O)c2cccnc2)nc2ccccc21. The van der Waals surface area contributed by atoms with Crippen LogP contribution in [0.5, 0.6) is 0 Å². The monoisotopic (exact) mass is 306 g/mol. The number of imidazole rings is 1. The van der Waals surface area contributed by atoms with E-state index in [-0.39, 0.29) is 11.9 Å². The molecule has 0 N–H and O–H groups in total. The van der Waals surface area contributed by atoms with Crippen LogP contribution in [0.2, 0.25) is 0 Å². The second-order valence-corrected chi connectivity index (χ2v) is 5.92. The molecule has 23 heavy (non-hydrogen) atoms. The molecule has 116 valence electrons.